The Morgan fingerprint density at radius 2 is 1.25 bits per heavy atom. The van der Waals surface area contributed by atoms with Crippen LogP contribution in [0.4, 0.5) is 0 Å². The Morgan fingerprint density at radius 1 is 0.775 bits per heavy atom. The lowest BCUT2D eigenvalue weighted by Gasteiger charge is -2.07. The van der Waals surface area contributed by atoms with E-state index in [-0.39, 0.29) is 11.3 Å². The van der Waals surface area contributed by atoms with Gasteiger partial charge >= 0.3 is 0 Å². The Bertz CT molecular complexity index is 1700. The summed E-state index contributed by atoms with van der Waals surface area (Å²) in [7, 11) is -3.83. The van der Waals surface area contributed by atoms with Crippen molar-refractivity contribution in [2.45, 2.75) is 48.5 Å². The third-order valence-electron chi connectivity index (χ3n) is 5.36. The Kier molecular flexibility index (Phi) is 12.0. The number of thioether (sulfide) groups is 1. The minimum Gasteiger partial charge on any atom is -0.311 e. The van der Waals surface area contributed by atoms with Gasteiger partial charge in [-0.25, -0.2) is 18.4 Å². The fourth-order valence-corrected chi connectivity index (χ4v) is 6.96. The molecule has 4 rings (SSSR count). The van der Waals surface area contributed by atoms with E-state index in [9.17, 15) is 18.0 Å². The summed E-state index contributed by atoms with van der Waals surface area (Å²) in [6, 6.07) is 14.0. The third-order valence-corrected chi connectivity index (χ3v) is 9.22. The smallest absolute Gasteiger partial charge is 0.288 e. The summed E-state index contributed by atoms with van der Waals surface area (Å²) in [6.07, 6.45) is 3.17. The predicted octanol–water partition coefficient (Wildman–Crippen LogP) is 6.62. The van der Waals surface area contributed by atoms with E-state index in [2.05, 4.69) is 41.8 Å². The van der Waals surface area contributed by atoms with E-state index < -0.39 is 20.4 Å². The lowest BCUT2D eigenvalue weighted by molar-refractivity contribution is 0.582. The molecule has 0 aliphatic heterocycles. The number of hydrogen-bond donors (Lipinski definition) is 0. The molecule has 212 valence electrons. The van der Waals surface area contributed by atoms with Crippen molar-refractivity contribution in [1.29, 1.82) is 0 Å². The average molecular weight is 751 g/mol. The Hall–Kier alpha value is -1.96. The number of nitrogens with zero attached hydrogens (tertiary/aromatic N) is 4. The molecule has 0 spiro atoms. The highest BCUT2D eigenvalue weighted by Gasteiger charge is 2.23. The first kappa shape index (κ1) is 32.6. The highest BCUT2D eigenvalue weighted by molar-refractivity contribution is 9.10. The van der Waals surface area contributed by atoms with Crippen molar-refractivity contribution in [1.82, 2.24) is 19.1 Å². The van der Waals surface area contributed by atoms with Crippen molar-refractivity contribution < 1.29 is 8.42 Å². The largest absolute Gasteiger partial charge is 0.311 e. The van der Waals surface area contributed by atoms with E-state index in [0.29, 0.717) is 48.7 Å². The maximum Gasteiger partial charge on any atom is 0.288 e. The van der Waals surface area contributed by atoms with Crippen LogP contribution in [0, 0.1) is 0 Å². The lowest BCUT2D eigenvalue weighted by atomic mass is 10.2. The molecule has 8 nitrogen and oxygen atoms in total. The van der Waals surface area contributed by atoms with Gasteiger partial charge < -0.3 is 9.13 Å². The van der Waals surface area contributed by atoms with E-state index in [0.717, 1.165) is 5.56 Å². The number of benzene rings is 2. The van der Waals surface area contributed by atoms with Crippen LogP contribution in [-0.2, 0) is 34.4 Å². The number of aryl methyl sites for hydroxylation is 2. The molecule has 4 aromatic rings. The summed E-state index contributed by atoms with van der Waals surface area (Å²) in [5.41, 5.74) is 0.988. The molecule has 0 bridgehead atoms. The number of sulfone groups is 1. The molecule has 0 saturated heterocycles. The van der Waals surface area contributed by atoms with Gasteiger partial charge in [-0.05, 0) is 81.1 Å². The van der Waals surface area contributed by atoms with E-state index in [1.165, 1.54) is 22.5 Å². The van der Waals surface area contributed by atoms with Crippen molar-refractivity contribution in [2.75, 3.05) is 0 Å². The summed E-state index contributed by atoms with van der Waals surface area (Å²) < 4.78 is 28.7. The molecule has 0 atom stereocenters. The zero-order chi connectivity index (χ0) is 29.4. The Balaban J connectivity index is 0.000000222. The van der Waals surface area contributed by atoms with Crippen LogP contribution >= 0.6 is 66.8 Å². The van der Waals surface area contributed by atoms with Crippen LogP contribution in [0.2, 0.25) is 10.0 Å². The maximum absolute atomic E-state index is 12.4. The maximum atomic E-state index is 12.4. The van der Waals surface area contributed by atoms with E-state index >= 15 is 0 Å². The average Bonchev–Trinajstić information content (AvgIpc) is 2.92. The minimum atomic E-state index is -3.83. The van der Waals surface area contributed by atoms with Crippen molar-refractivity contribution >= 4 is 76.7 Å². The molecule has 0 unspecified atom stereocenters. The molecule has 0 radical (unpaired) electrons. The van der Waals surface area contributed by atoms with Crippen LogP contribution in [0.15, 0.2) is 89.8 Å². The van der Waals surface area contributed by atoms with Crippen molar-refractivity contribution in [3.05, 3.63) is 112 Å². The lowest BCUT2D eigenvalue weighted by Crippen LogP contribution is -2.27. The van der Waals surface area contributed by atoms with Gasteiger partial charge in [0, 0.05) is 41.3 Å². The fraction of sp³-hybridized carbons (Fsp3) is 0.231. The molecule has 0 N–H and O–H groups in total. The molecule has 0 fully saturated rings. The zero-order valence-electron chi connectivity index (χ0n) is 21.4. The molecule has 2 aromatic heterocycles. The van der Waals surface area contributed by atoms with Crippen LogP contribution in [0.1, 0.15) is 25.0 Å². The highest BCUT2D eigenvalue weighted by Crippen LogP contribution is 2.21. The van der Waals surface area contributed by atoms with Crippen LogP contribution in [0.5, 0.6) is 0 Å². The van der Waals surface area contributed by atoms with Gasteiger partial charge in [-0.15, -0.1) is 0 Å². The number of halogens is 4. The number of hydrogen-bond acceptors (Lipinski definition) is 7. The molecule has 14 heteroatoms. The number of rotatable bonds is 8. The van der Waals surface area contributed by atoms with Gasteiger partial charge in [-0.2, -0.15) is 0 Å². The van der Waals surface area contributed by atoms with Crippen molar-refractivity contribution in [3.8, 4) is 0 Å². The van der Waals surface area contributed by atoms with Gasteiger partial charge in [0.05, 0.1) is 5.75 Å². The Labute approximate surface area is 263 Å². The first-order valence-corrected chi connectivity index (χ1v) is 16.8. The summed E-state index contributed by atoms with van der Waals surface area (Å²) in [6.45, 7) is 4.68. The van der Waals surface area contributed by atoms with Gasteiger partial charge in [-0.1, -0.05) is 59.2 Å². The molecule has 40 heavy (non-hydrogen) atoms. The van der Waals surface area contributed by atoms with E-state index in [1.807, 2.05) is 31.2 Å². The van der Waals surface area contributed by atoms with Crippen molar-refractivity contribution in [2.24, 2.45) is 0 Å². The molecule has 0 aliphatic carbocycles. The van der Waals surface area contributed by atoms with E-state index in [1.54, 1.807) is 42.0 Å². The van der Waals surface area contributed by atoms with Crippen LogP contribution < -0.4 is 11.1 Å². The molecule has 2 heterocycles. The summed E-state index contributed by atoms with van der Waals surface area (Å²) in [5, 5.41) is 1.28. The predicted molar refractivity (Wildman–Crippen MR) is 167 cm³/mol. The second-order valence-electron chi connectivity index (χ2n) is 8.22. The molecule has 0 aliphatic rings. The van der Waals surface area contributed by atoms with Gasteiger partial charge in [0.1, 0.15) is 9.21 Å². The fourth-order valence-electron chi connectivity index (χ4n) is 3.33. The summed E-state index contributed by atoms with van der Waals surface area (Å²) in [5.74, 6) is 0.395. The summed E-state index contributed by atoms with van der Waals surface area (Å²) in [4.78, 5) is 32.3. The monoisotopic (exact) mass is 748 g/mol. The molecule has 0 saturated carbocycles. The van der Waals surface area contributed by atoms with Crippen LogP contribution in [0.3, 0.4) is 0 Å². The van der Waals surface area contributed by atoms with Gasteiger partial charge in [0.15, 0.2) is 5.03 Å². The van der Waals surface area contributed by atoms with Gasteiger partial charge in [0.2, 0.25) is 14.9 Å². The molecule has 2 aromatic carbocycles. The SMILES string of the molecule is CCn1cc(Br)nc(S(=O)(=O)Cc2ccc(Cl)cc2)c1=O.CCn1cc(Br)nc(SCc2ccc(Cl)cc2)c1=O. The van der Waals surface area contributed by atoms with Gasteiger partial charge in [0.25, 0.3) is 11.1 Å². The highest BCUT2D eigenvalue weighted by atomic mass is 79.9. The normalized spacial score (nSPS) is 11.2. The second kappa shape index (κ2) is 14.8. The van der Waals surface area contributed by atoms with Crippen molar-refractivity contribution in [3.63, 3.8) is 0 Å². The summed E-state index contributed by atoms with van der Waals surface area (Å²) >= 11 is 19.5. The molecular weight excluding hydrogens is 727 g/mol. The minimum absolute atomic E-state index is 0.0512. The number of aromatic nitrogens is 4. The standard InChI is InChI=1S/C13H12BrClN2O3S.C13H12BrClN2OS/c1-2-17-7-11(14)16-12(13(17)18)21(19,20)8-9-3-5-10(15)6-4-9;1-2-17-7-11(14)16-12(13(17)18)19-8-9-3-5-10(15)6-4-9/h3-7H,2,8H2,1H3;3-7H,2,8H2,1H3. The third kappa shape index (κ3) is 9.02. The Morgan fingerprint density at radius 3 is 1.77 bits per heavy atom. The molecule has 0 amide bonds. The van der Waals surface area contributed by atoms with Crippen LogP contribution in [-0.4, -0.2) is 27.5 Å². The molecular formula is C26H24Br2Cl2N4O4S2. The second-order valence-corrected chi connectivity index (χ2v) is 13.6. The zero-order valence-corrected chi connectivity index (χ0v) is 27.7. The van der Waals surface area contributed by atoms with Gasteiger partial charge in [-0.3, -0.25) is 9.59 Å². The van der Waals surface area contributed by atoms with Crippen LogP contribution in [0.25, 0.3) is 0 Å². The van der Waals surface area contributed by atoms with E-state index in [4.69, 9.17) is 23.2 Å². The topological polar surface area (TPSA) is 104 Å². The first-order chi connectivity index (χ1) is 18.9. The quantitative estimate of drug-likeness (QED) is 0.187. The first-order valence-electron chi connectivity index (χ1n) is 11.8.